The molecule has 0 amide bonds. The minimum absolute atomic E-state index is 0.934. The van der Waals surface area contributed by atoms with Crippen LogP contribution in [-0.4, -0.2) is 22.4 Å². The summed E-state index contributed by atoms with van der Waals surface area (Å²) in [5.74, 6) is 0.934. The zero-order valence-corrected chi connectivity index (χ0v) is 9.64. The summed E-state index contributed by atoms with van der Waals surface area (Å²) < 4.78 is 5.32. The summed E-state index contributed by atoms with van der Waals surface area (Å²) in [6, 6.07) is 0. The highest BCUT2D eigenvalue weighted by Crippen LogP contribution is 2.19. The Labute approximate surface area is 89.5 Å². The van der Waals surface area contributed by atoms with E-state index in [0.717, 1.165) is 22.1 Å². The Balaban J connectivity index is 2.08. The van der Waals surface area contributed by atoms with Crippen molar-refractivity contribution in [2.45, 2.75) is 19.3 Å². The van der Waals surface area contributed by atoms with Gasteiger partial charge in [-0.05, 0) is 53.4 Å². The zero-order chi connectivity index (χ0) is 8.39. The molecule has 2 rings (SSSR count). The molecule has 0 saturated carbocycles. The highest BCUT2D eigenvalue weighted by Gasteiger charge is 2.14. The van der Waals surface area contributed by atoms with Crippen LogP contribution in [-0.2, 0) is 0 Å². The maximum absolute atomic E-state index is 4.35. The highest BCUT2D eigenvalue weighted by atomic mass is 127. The summed E-state index contributed by atoms with van der Waals surface area (Å²) in [6.45, 7) is 2.26. The van der Waals surface area contributed by atoms with Gasteiger partial charge in [0.05, 0.1) is 0 Å². The summed E-state index contributed by atoms with van der Waals surface area (Å²) >= 11 is 3.70. The van der Waals surface area contributed by atoms with Crippen molar-refractivity contribution in [3.8, 4) is 0 Å². The van der Waals surface area contributed by atoms with Gasteiger partial charge in [0, 0.05) is 13.1 Å². The van der Waals surface area contributed by atoms with E-state index < -0.39 is 0 Å². The quantitative estimate of drug-likeness (QED) is 0.743. The average molecular weight is 295 g/mol. The van der Waals surface area contributed by atoms with Gasteiger partial charge in [0.25, 0.3) is 0 Å². The molecule has 0 N–H and O–H groups in total. The predicted octanol–water partition coefficient (Wildman–Crippen LogP) is 2.13. The second-order valence-corrected chi connectivity index (χ2v) is 5.40. The molecule has 0 spiro atoms. The van der Waals surface area contributed by atoms with Crippen LogP contribution in [0.2, 0.25) is 0 Å². The summed E-state index contributed by atoms with van der Waals surface area (Å²) in [7, 11) is 0. The lowest BCUT2D eigenvalue weighted by molar-refractivity contribution is 0.570. The van der Waals surface area contributed by atoms with Gasteiger partial charge < -0.3 is 4.90 Å². The second-order valence-electron chi connectivity index (χ2n) is 2.90. The molecule has 2 heterocycles. The van der Waals surface area contributed by atoms with E-state index in [1.165, 1.54) is 30.8 Å². The van der Waals surface area contributed by atoms with Crippen LogP contribution in [0.4, 0.5) is 5.95 Å². The molecule has 0 radical (unpaired) electrons. The molecule has 0 aliphatic carbocycles. The molecule has 0 aromatic carbocycles. The molecule has 1 aliphatic rings. The van der Waals surface area contributed by atoms with Crippen molar-refractivity contribution < 1.29 is 0 Å². The first-order chi connectivity index (χ1) is 5.86. The van der Waals surface area contributed by atoms with E-state index in [1.807, 2.05) is 0 Å². The van der Waals surface area contributed by atoms with Crippen molar-refractivity contribution in [1.29, 1.82) is 0 Å². The minimum atomic E-state index is 0.934. The zero-order valence-electron chi connectivity index (χ0n) is 6.66. The largest absolute Gasteiger partial charge is 0.340 e. The molecular formula is C7H10IN3S. The fourth-order valence-corrected chi connectivity index (χ4v) is 2.37. The Morgan fingerprint density at radius 3 is 2.58 bits per heavy atom. The predicted molar refractivity (Wildman–Crippen MR) is 58.7 cm³/mol. The fourth-order valence-electron chi connectivity index (χ4n) is 1.42. The molecule has 0 atom stereocenters. The molecule has 0 bridgehead atoms. The third-order valence-corrected chi connectivity index (χ3v) is 3.36. The number of aromatic nitrogens is 2. The van der Waals surface area contributed by atoms with Gasteiger partial charge in [-0.3, -0.25) is 0 Å². The van der Waals surface area contributed by atoms with Gasteiger partial charge in [-0.2, -0.15) is 9.36 Å². The first-order valence-corrected chi connectivity index (χ1v) is 5.95. The van der Waals surface area contributed by atoms with Gasteiger partial charge in [-0.25, -0.2) is 0 Å². The summed E-state index contributed by atoms with van der Waals surface area (Å²) in [5.41, 5.74) is 0. The van der Waals surface area contributed by atoms with E-state index in [2.05, 4.69) is 36.8 Å². The number of hydrogen-bond acceptors (Lipinski definition) is 4. The lowest BCUT2D eigenvalue weighted by atomic mass is 10.1. The summed E-state index contributed by atoms with van der Waals surface area (Å²) in [5, 5.41) is 0. The van der Waals surface area contributed by atoms with Gasteiger partial charge in [0.15, 0.2) is 3.01 Å². The maximum Gasteiger partial charge on any atom is 0.238 e. The fraction of sp³-hybridized carbons (Fsp3) is 0.714. The van der Waals surface area contributed by atoms with Crippen LogP contribution in [0.15, 0.2) is 0 Å². The van der Waals surface area contributed by atoms with Gasteiger partial charge in [0.2, 0.25) is 5.95 Å². The molecule has 1 saturated heterocycles. The van der Waals surface area contributed by atoms with Crippen molar-refractivity contribution >= 4 is 40.1 Å². The average Bonchev–Trinajstić information content (AvgIpc) is 2.54. The normalized spacial score (nSPS) is 18.2. The SMILES string of the molecule is Ic1nc(N2CCCCC2)ns1. The van der Waals surface area contributed by atoms with Gasteiger partial charge in [0.1, 0.15) is 0 Å². The van der Waals surface area contributed by atoms with Crippen molar-refractivity contribution in [2.75, 3.05) is 18.0 Å². The number of rotatable bonds is 1. The van der Waals surface area contributed by atoms with E-state index >= 15 is 0 Å². The number of nitrogens with zero attached hydrogens (tertiary/aromatic N) is 3. The second kappa shape index (κ2) is 3.87. The van der Waals surface area contributed by atoms with Gasteiger partial charge >= 0.3 is 0 Å². The number of piperidine rings is 1. The standard InChI is InChI=1S/C7H10IN3S/c8-6-9-7(10-12-6)11-4-2-1-3-5-11/h1-5H2. The lowest BCUT2D eigenvalue weighted by Crippen LogP contribution is -2.30. The molecule has 66 valence electrons. The molecule has 1 aromatic rings. The van der Waals surface area contributed by atoms with Crippen molar-refractivity contribution in [1.82, 2.24) is 9.36 Å². The Morgan fingerprint density at radius 1 is 1.25 bits per heavy atom. The molecule has 1 aromatic heterocycles. The number of anilines is 1. The molecule has 1 fully saturated rings. The third-order valence-electron chi connectivity index (χ3n) is 2.03. The van der Waals surface area contributed by atoms with Gasteiger partial charge in [-0.1, -0.05) is 0 Å². The Bertz CT molecular complexity index is 257. The van der Waals surface area contributed by atoms with Crippen LogP contribution < -0.4 is 4.90 Å². The molecular weight excluding hydrogens is 285 g/mol. The van der Waals surface area contributed by atoms with Crippen LogP contribution in [0, 0.1) is 3.01 Å². The highest BCUT2D eigenvalue weighted by molar-refractivity contribution is 14.1. The van der Waals surface area contributed by atoms with Crippen molar-refractivity contribution in [2.24, 2.45) is 0 Å². The smallest absolute Gasteiger partial charge is 0.238 e. The topological polar surface area (TPSA) is 29.0 Å². The van der Waals surface area contributed by atoms with Crippen LogP contribution in [0.5, 0.6) is 0 Å². The van der Waals surface area contributed by atoms with E-state index in [4.69, 9.17) is 0 Å². The molecule has 0 unspecified atom stereocenters. The van der Waals surface area contributed by atoms with Crippen LogP contribution in [0.1, 0.15) is 19.3 Å². The first-order valence-electron chi connectivity index (χ1n) is 4.10. The molecule has 1 aliphatic heterocycles. The summed E-state index contributed by atoms with van der Waals surface area (Å²) in [4.78, 5) is 6.63. The van der Waals surface area contributed by atoms with E-state index in [1.54, 1.807) is 0 Å². The monoisotopic (exact) mass is 295 g/mol. The maximum atomic E-state index is 4.35. The Morgan fingerprint density at radius 2 is 2.00 bits per heavy atom. The van der Waals surface area contributed by atoms with Crippen LogP contribution in [0.25, 0.3) is 0 Å². The molecule has 3 nitrogen and oxygen atoms in total. The van der Waals surface area contributed by atoms with E-state index in [0.29, 0.717) is 0 Å². The first kappa shape index (κ1) is 8.68. The van der Waals surface area contributed by atoms with Crippen molar-refractivity contribution in [3.05, 3.63) is 3.01 Å². The Hall–Kier alpha value is 0.0900. The number of halogens is 1. The lowest BCUT2D eigenvalue weighted by Gasteiger charge is -2.24. The van der Waals surface area contributed by atoms with Crippen LogP contribution >= 0.6 is 34.1 Å². The summed E-state index contributed by atoms with van der Waals surface area (Å²) in [6.07, 6.45) is 3.93. The van der Waals surface area contributed by atoms with E-state index in [9.17, 15) is 0 Å². The molecule has 5 heteroatoms. The molecule has 12 heavy (non-hydrogen) atoms. The van der Waals surface area contributed by atoms with Crippen LogP contribution in [0.3, 0.4) is 0 Å². The van der Waals surface area contributed by atoms with Gasteiger partial charge in [-0.15, -0.1) is 0 Å². The number of hydrogen-bond donors (Lipinski definition) is 0. The van der Waals surface area contributed by atoms with E-state index in [-0.39, 0.29) is 0 Å². The Kier molecular flexibility index (Phi) is 2.80. The third kappa shape index (κ3) is 1.87. The van der Waals surface area contributed by atoms with Crippen molar-refractivity contribution in [3.63, 3.8) is 0 Å². The minimum Gasteiger partial charge on any atom is -0.340 e.